The monoisotopic (exact) mass is 328 g/mol. The standard InChI is InChI=1S/C20H16N4O/c21-22-20-18-9-5-4-8-17(18)19(23-24-20)14-10-12-16(13-11-14)25-15-6-2-1-3-7-15/h1-13H,21H2,(H,22,24). The highest BCUT2D eigenvalue weighted by Gasteiger charge is 2.10. The molecule has 5 nitrogen and oxygen atoms in total. The molecule has 0 saturated heterocycles. The third kappa shape index (κ3) is 3.00. The smallest absolute Gasteiger partial charge is 0.170 e. The lowest BCUT2D eigenvalue weighted by Crippen LogP contribution is -2.10. The van der Waals surface area contributed by atoms with Crippen molar-refractivity contribution in [2.45, 2.75) is 0 Å². The maximum absolute atomic E-state index is 5.83. The Kier molecular flexibility index (Phi) is 3.98. The number of ether oxygens (including phenoxy) is 1. The van der Waals surface area contributed by atoms with E-state index >= 15 is 0 Å². The number of nitrogen functional groups attached to an aromatic ring is 1. The Balaban J connectivity index is 1.70. The van der Waals surface area contributed by atoms with Crippen molar-refractivity contribution < 1.29 is 4.74 Å². The molecule has 4 rings (SSSR count). The molecule has 0 aliphatic heterocycles. The number of para-hydroxylation sites is 1. The molecule has 4 aromatic rings. The van der Waals surface area contributed by atoms with Crippen LogP contribution in [0.3, 0.4) is 0 Å². The van der Waals surface area contributed by atoms with Crippen molar-refractivity contribution in [3.8, 4) is 22.8 Å². The fourth-order valence-electron chi connectivity index (χ4n) is 2.73. The summed E-state index contributed by atoms with van der Waals surface area (Å²) >= 11 is 0. The zero-order valence-electron chi connectivity index (χ0n) is 13.4. The third-order valence-electron chi connectivity index (χ3n) is 3.93. The fourth-order valence-corrected chi connectivity index (χ4v) is 2.73. The van der Waals surface area contributed by atoms with Crippen LogP contribution in [0, 0.1) is 0 Å². The van der Waals surface area contributed by atoms with E-state index in [1.54, 1.807) is 0 Å². The maximum Gasteiger partial charge on any atom is 0.170 e. The molecule has 0 bridgehead atoms. The van der Waals surface area contributed by atoms with Gasteiger partial charge in [0.05, 0.1) is 0 Å². The highest BCUT2D eigenvalue weighted by atomic mass is 16.5. The summed E-state index contributed by atoms with van der Waals surface area (Å²) in [5.74, 6) is 7.66. The molecule has 5 heteroatoms. The van der Waals surface area contributed by atoms with Crippen molar-refractivity contribution in [1.82, 2.24) is 10.2 Å². The first-order valence-corrected chi connectivity index (χ1v) is 7.90. The minimum Gasteiger partial charge on any atom is -0.457 e. The molecular weight excluding hydrogens is 312 g/mol. The largest absolute Gasteiger partial charge is 0.457 e. The summed E-state index contributed by atoms with van der Waals surface area (Å²) in [7, 11) is 0. The fraction of sp³-hybridized carbons (Fsp3) is 0. The summed E-state index contributed by atoms with van der Waals surface area (Å²) < 4.78 is 5.83. The molecule has 1 heterocycles. The predicted molar refractivity (Wildman–Crippen MR) is 99.3 cm³/mol. The number of nitrogens with two attached hydrogens (primary N) is 1. The van der Waals surface area contributed by atoms with E-state index in [9.17, 15) is 0 Å². The Morgan fingerprint density at radius 3 is 2.04 bits per heavy atom. The molecule has 0 atom stereocenters. The first kappa shape index (κ1) is 15.1. The van der Waals surface area contributed by atoms with Gasteiger partial charge in [0.2, 0.25) is 0 Å². The zero-order valence-corrected chi connectivity index (χ0v) is 13.4. The van der Waals surface area contributed by atoms with Gasteiger partial charge in [0.15, 0.2) is 5.82 Å². The van der Waals surface area contributed by atoms with Crippen molar-refractivity contribution in [2.75, 3.05) is 5.43 Å². The van der Waals surface area contributed by atoms with Crippen molar-refractivity contribution in [3.05, 3.63) is 78.9 Å². The Morgan fingerprint density at radius 2 is 1.32 bits per heavy atom. The minimum atomic E-state index is 0.559. The molecular formula is C20H16N4O. The number of aromatic nitrogens is 2. The number of nitrogens with one attached hydrogen (secondary N) is 1. The molecule has 0 spiro atoms. The van der Waals surface area contributed by atoms with E-state index in [0.29, 0.717) is 5.82 Å². The summed E-state index contributed by atoms with van der Waals surface area (Å²) in [6.45, 7) is 0. The van der Waals surface area contributed by atoms with Gasteiger partial charge in [0.25, 0.3) is 0 Å². The zero-order chi connectivity index (χ0) is 17.1. The van der Waals surface area contributed by atoms with Gasteiger partial charge in [-0.3, -0.25) is 0 Å². The van der Waals surface area contributed by atoms with Gasteiger partial charge in [-0.25, -0.2) is 5.84 Å². The Labute approximate surface area is 145 Å². The van der Waals surface area contributed by atoms with Crippen LogP contribution < -0.4 is 16.0 Å². The summed E-state index contributed by atoms with van der Waals surface area (Å²) in [5.41, 5.74) is 4.36. The molecule has 0 radical (unpaired) electrons. The minimum absolute atomic E-state index is 0.559. The van der Waals surface area contributed by atoms with Crippen LogP contribution in [0.15, 0.2) is 78.9 Å². The summed E-state index contributed by atoms with van der Waals surface area (Å²) in [6, 6.07) is 25.4. The van der Waals surface area contributed by atoms with E-state index in [1.165, 1.54) is 0 Å². The van der Waals surface area contributed by atoms with Crippen LogP contribution in [0.25, 0.3) is 22.0 Å². The second-order valence-corrected chi connectivity index (χ2v) is 5.53. The Hall–Kier alpha value is -3.44. The summed E-state index contributed by atoms with van der Waals surface area (Å²) in [4.78, 5) is 0. The number of hydrazine groups is 1. The van der Waals surface area contributed by atoms with Gasteiger partial charge in [-0.2, -0.15) is 0 Å². The maximum atomic E-state index is 5.83. The number of hydrogen-bond acceptors (Lipinski definition) is 5. The molecule has 25 heavy (non-hydrogen) atoms. The van der Waals surface area contributed by atoms with E-state index in [4.69, 9.17) is 10.6 Å². The van der Waals surface area contributed by atoms with Gasteiger partial charge in [-0.05, 0) is 36.4 Å². The third-order valence-corrected chi connectivity index (χ3v) is 3.93. The van der Waals surface area contributed by atoms with Crippen LogP contribution in [-0.4, -0.2) is 10.2 Å². The lowest BCUT2D eigenvalue weighted by atomic mass is 10.0. The van der Waals surface area contributed by atoms with Crippen LogP contribution >= 0.6 is 0 Å². The van der Waals surface area contributed by atoms with Crippen LogP contribution in [0.1, 0.15) is 0 Å². The van der Waals surface area contributed by atoms with Gasteiger partial charge in [-0.1, -0.05) is 42.5 Å². The van der Waals surface area contributed by atoms with Gasteiger partial charge in [-0.15, -0.1) is 10.2 Å². The normalized spacial score (nSPS) is 10.6. The van der Waals surface area contributed by atoms with Gasteiger partial charge < -0.3 is 10.2 Å². The number of benzene rings is 3. The second kappa shape index (κ2) is 6.59. The second-order valence-electron chi connectivity index (χ2n) is 5.53. The van der Waals surface area contributed by atoms with Crippen molar-refractivity contribution in [2.24, 2.45) is 5.84 Å². The topological polar surface area (TPSA) is 73.1 Å². The number of rotatable bonds is 4. The highest BCUT2D eigenvalue weighted by molar-refractivity contribution is 5.99. The molecule has 122 valence electrons. The van der Waals surface area contributed by atoms with Crippen molar-refractivity contribution in [3.63, 3.8) is 0 Å². The van der Waals surface area contributed by atoms with Crippen molar-refractivity contribution >= 4 is 16.6 Å². The van der Waals surface area contributed by atoms with Crippen LogP contribution in [0.2, 0.25) is 0 Å². The first-order chi connectivity index (χ1) is 12.3. The average molecular weight is 328 g/mol. The highest BCUT2D eigenvalue weighted by Crippen LogP contribution is 2.31. The van der Waals surface area contributed by atoms with Crippen LogP contribution in [-0.2, 0) is 0 Å². The summed E-state index contributed by atoms with van der Waals surface area (Å²) in [6.07, 6.45) is 0. The van der Waals surface area contributed by atoms with Gasteiger partial charge in [0.1, 0.15) is 17.2 Å². The molecule has 3 N–H and O–H groups in total. The molecule has 0 aliphatic carbocycles. The first-order valence-electron chi connectivity index (χ1n) is 7.90. The van der Waals surface area contributed by atoms with Crippen LogP contribution in [0.4, 0.5) is 5.82 Å². The molecule has 1 aromatic heterocycles. The molecule has 3 aromatic carbocycles. The lowest BCUT2D eigenvalue weighted by Gasteiger charge is -2.10. The molecule has 0 amide bonds. The number of hydrogen-bond donors (Lipinski definition) is 2. The average Bonchev–Trinajstić information content (AvgIpc) is 2.69. The Morgan fingerprint density at radius 1 is 0.680 bits per heavy atom. The number of nitrogens with zero attached hydrogens (tertiary/aromatic N) is 2. The van der Waals surface area contributed by atoms with E-state index in [1.807, 2.05) is 78.9 Å². The number of anilines is 1. The van der Waals surface area contributed by atoms with E-state index in [-0.39, 0.29) is 0 Å². The van der Waals surface area contributed by atoms with E-state index in [2.05, 4.69) is 15.6 Å². The SMILES string of the molecule is NNc1nnc(-c2ccc(Oc3ccccc3)cc2)c2ccccc12. The summed E-state index contributed by atoms with van der Waals surface area (Å²) in [5, 5.41) is 10.4. The quantitative estimate of drug-likeness (QED) is 0.430. The molecule has 0 fully saturated rings. The molecule has 0 aliphatic rings. The Bertz CT molecular complexity index is 1000. The lowest BCUT2D eigenvalue weighted by molar-refractivity contribution is 0.483. The predicted octanol–water partition coefficient (Wildman–Crippen LogP) is 4.37. The van der Waals surface area contributed by atoms with E-state index < -0.39 is 0 Å². The van der Waals surface area contributed by atoms with Crippen molar-refractivity contribution in [1.29, 1.82) is 0 Å². The molecule has 0 saturated carbocycles. The molecule has 0 unspecified atom stereocenters. The number of fused-ring (bicyclic) bond motifs is 1. The van der Waals surface area contributed by atoms with Crippen LogP contribution in [0.5, 0.6) is 11.5 Å². The van der Waals surface area contributed by atoms with E-state index in [0.717, 1.165) is 33.5 Å². The van der Waals surface area contributed by atoms with Gasteiger partial charge in [0, 0.05) is 16.3 Å². The van der Waals surface area contributed by atoms with Gasteiger partial charge >= 0.3 is 0 Å².